The van der Waals surface area contributed by atoms with Gasteiger partial charge in [-0.25, -0.2) is 0 Å². The second-order valence-corrected chi connectivity index (χ2v) is 5.71. The molecule has 1 amide bonds. The van der Waals surface area contributed by atoms with Crippen molar-refractivity contribution in [3.8, 4) is 5.75 Å². The van der Waals surface area contributed by atoms with Gasteiger partial charge in [0.1, 0.15) is 5.75 Å². The maximum atomic E-state index is 12.8. The molecule has 3 rings (SSSR count). The van der Waals surface area contributed by atoms with Crippen LogP contribution >= 0.6 is 0 Å². The van der Waals surface area contributed by atoms with Crippen LogP contribution in [0.2, 0.25) is 0 Å². The Morgan fingerprint density at radius 3 is 2.95 bits per heavy atom. The summed E-state index contributed by atoms with van der Waals surface area (Å²) >= 11 is 0. The van der Waals surface area contributed by atoms with Gasteiger partial charge in [-0.3, -0.25) is 9.78 Å². The van der Waals surface area contributed by atoms with E-state index in [4.69, 9.17) is 0 Å². The van der Waals surface area contributed by atoms with Crippen molar-refractivity contribution in [1.29, 1.82) is 0 Å². The van der Waals surface area contributed by atoms with E-state index in [0.29, 0.717) is 17.9 Å². The second kappa shape index (κ2) is 6.18. The molecule has 0 spiro atoms. The van der Waals surface area contributed by atoms with Crippen LogP contribution < -0.4 is 0 Å². The average Bonchev–Trinajstić information content (AvgIpc) is 2.73. The molecule has 0 fully saturated rings. The summed E-state index contributed by atoms with van der Waals surface area (Å²) < 4.78 is 0. The first-order valence-electron chi connectivity index (χ1n) is 7.70. The number of amides is 1. The molecule has 1 atom stereocenters. The SMILES string of the molecule is CCC1Cc2ccc(O)cc2CCN1C(=O)c1cccnc1. The number of carbonyl (C=O) groups is 1. The minimum Gasteiger partial charge on any atom is -0.508 e. The molecule has 0 bridgehead atoms. The van der Waals surface area contributed by atoms with Crippen LogP contribution in [-0.2, 0) is 12.8 Å². The van der Waals surface area contributed by atoms with Crippen molar-refractivity contribution in [1.82, 2.24) is 9.88 Å². The van der Waals surface area contributed by atoms with Gasteiger partial charge in [0.15, 0.2) is 0 Å². The fraction of sp³-hybridized carbons (Fsp3) is 0.333. The maximum Gasteiger partial charge on any atom is 0.255 e. The third-order valence-corrected chi connectivity index (χ3v) is 4.35. The van der Waals surface area contributed by atoms with Gasteiger partial charge in [0.2, 0.25) is 0 Å². The molecule has 0 aliphatic carbocycles. The van der Waals surface area contributed by atoms with Crippen molar-refractivity contribution in [3.63, 3.8) is 0 Å². The summed E-state index contributed by atoms with van der Waals surface area (Å²) in [6.45, 7) is 2.78. The predicted molar refractivity (Wildman–Crippen MR) is 84.9 cm³/mol. The molecule has 1 aliphatic rings. The lowest BCUT2D eigenvalue weighted by atomic mass is 9.99. The summed E-state index contributed by atoms with van der Waals surface area (Å²) in [5.74, 6) is 0.329. The molecule has 0 saturated carbocycles. The first-order valence-corrected chi connectivity index (χ1v) is 7.70. The normalized spacial score (nSPS) is 17.7. The molecule has 1 N–H and O–H groups in total. The summed E-state index contributed by atoms with van der Waals surface area (Å²) in [5.41, 5.74) is 3.00. The second-order valence-electron chi connectivity index (χ2n) is 5.71. The summed E-state index contributed by atoms with van der Waals surface area (Å²) in [5, 5.41) is 9.67. The highest BCUT2D eigenvalue weighted by molar-refractivity contribution is 5.94. The average molecular weight is 296 g/mol. The summed E-state index contributed by atoms with van der Waals surface area (Å²) in [4.78, 5) is 18.8. The lowest BCUT2D eigenvalue weighted by Gasteiger charge is -2.29. The van der Waals surface area contributed by atoms with Crippen LogP contribution in [0.1, 0.15) is 34.8 Å². The molecule has 1 unspecified atom stereocenters. The smallest absolute Gasteiger partial charge is 0.255 e. The van der Waals surface area contributed by atoms with E-state index in [2.05, 4.69) is 11.9 Å². The van der Waals surface area contributed by atoms with Gasteiger partial charge in [0.05, 0.1) is 5.56 Å². The zero-order valence-electron chi connectivity index (χ0n) is 12.7. The maximum absolute atomic E-state index is 12.8. The molecule has 2 heterocycles. The monoisotopic (exact) mass is 296 g/mol. The van der Waals surface area contributed by atoms with Crippen LogP contribution in [0.3, 0.4) is 0 Å². The number of phenolic OH excluding ortho intramolecular Hbond substituents is 1. The molecule has 22 heavy (non-hydrogen) atoms. The Kier molecular flexibility index (Phi) is 4.09. The van der Waals surface area contributed by atoms with E-state index in [1.807, 2.05) is 23.1 Å². The van der Waals surface area contributed by atoms with E-state index in [1.165, 1.54) is 5.56 Å². The minimum absolute atomic E-state index is 0.0389. The van der Waals surface area contributed by atoms with Gasteiger partial charge in [0.25, 0.3) is 5.91 Å². The van der Waals surface area contributed by atoms with Gasteiger partial charge in [-0.05, 0) is 54.7 Å². The lowest BCUT2D eigenvalue weighted by molar-refractivity contribution is 0.0681. The number of hydrogen-bond acceptors (Lipinski definition) is 3. The zero-order valence-corrected chi connectivity index (χ0v) is 12.7. The number of aromatic hydroxyl groups is 1. The number of fused-ring (bicyclic) bond motifs is 1. The predicted octanol–water partition coefficient (Wildman–Crippen LogP) is 2.81. The quantitative estimate of drug-likeness (QED) is 0.927. The van der Waals surface area contributed by atoms with Crippen molar-refractivity contribution >= 4 is 5.91 Å². The Morgan fingerprint density at radius 2 is 2.23 bits per heavy atom. The van der Waals surface area contributed by atoms with Crippen molar-refractivity contribution in [3.05, 3.63) is 59.4 Å². The molecule has 114 valence electrons. The van der Waals surface area contributed by atoms with E-state index in [-0.39, 0.29) is 11.9 Å². The van der Waals surface area contributed by atoms with E-state index in [0.717, 1.165) is 24.8 Å². The van der Waals surface area contributed by atoms with Crippen LogP contribution in [0.5, 0.6) is 5.75 Å². The number of aromatic nitrogens is 1. The fourth-order valence-electron chi connectivity index (χ4n) is 3.12. The minimum atomic E-state index is 0.0389. The molecule has 0 radical (unpaired) electrons. The van der Waals surface area contributed by atoms with Crippen LogP contribution in [0.4, 0.5) is 0 Å². The molecule has 2 aromatic rings. The third-order valence-electron chi connectivity index (χ3n) is 4.35. The molecule has 1 aliphatic heterocycles. The number of carbonyl (C=O) groups excluding carboxylic acids is 1. The number of rotatable bonds is 2. The highest BCUT2D eigenvalue weighted by Gasteiger charge is 2.27. The molecule has 4 heteroatoms. The number of nitrogens with zero attached hydrogens (tertiary/aromatic N) is 2. The van der Waals surface area contributed by atoms with Gasteiger partial charge in [-0.15, -0.1) is 0 Å². The third kappa shape index (κ3) is 2.82. The topological polar surface area (TPSA) is 53.4 Å². The van der Waals surface area contributed by atoms with Gasteiger partial charge < -0.3 is 10.0 Å². The molecule has 1 aromatic heterocycles. The van der Waals surface area contributed by atoms with Crippen molar-refractivity contribution in [2.75, 3.05) is 6.54 Å². The number of benzene rings is 1. The lowest BCUT2D eigenvalue weighted by Crippen LogP contribution is -2.41. The molecular weight excluding hydrogens is 276 g/mol. The van der Waals surface area contributed by atoms with Crippen LogP contribution in [-0.4, -0.2) is 33.5 Å². The zero-order chi connectivity index (χ0) is 15.5. The largest absolute Gasteiger partial charge is 0.508 e. The Hall–Kier alpha value is -2.36. The van der Waals surface area contributed by atoms with Crippen LogP contribution in [0.25, 0.3) is 0 Å². The van der Waals surface area contributed by atoms with Crippen molar-refractivity contribution < 1.29 is 9.90 Å². The highest BCUT2D eigenvalue weighted by atomic mass is 16.3. The van der Waals surface area contributed by atoms with Crippen molar-refractivity contribution in [2.45, 2.75) is 32.2 Å². The van der Waals surface area contributed by atoms with E-state index in [9.17, 15) is 9.90 Å². The molecule has 1 aromatic carbocycles. The van der Waals surface area contributed by atoms with Crippen molar-refractivity contribution in [2.24, 2.45) is 0 Å². The Balaban J connectivity index is 1.89. The van der Waals surface area contributed by atoms with Gasteiger partial charge in [0, 0.05) is 25.0 Å². The summed E-state index contributed by atoms with van der Waals surface area (Å²) in [6, 6.07) is 9.30. The van der Waals surface area contributed by atoms with E-state index >= 15 is 0 Å². The van der Waals surface area contributed by atoms with E-state index < -0.39 is 0 Å². The summed E-state index contributed by atoms with van der Waals surface area (Å²) in [7, 11) is 0. The molecule has 0 saturated heterocycles. The Labute approximate surface area is 130 Å². The van der Waals surface area contributed by atoms with E-state index in [1.54, 1.807) is 24.5 Å². The van der Waals surface area contributed by atoms with Crippen LogP contribution in [0.15, 0.2) is 42.7 Å². The highest BCUT2D eigenvalue weighted by Crippen LogP contribution is 2.25. The van der Waals surface area contributed by atoms with Gasteiger partial charge in [-0.2, -0.15) is 0 Å². The molecule has 4 nitrogen and oxygen atoms in total. The Bertz CT molecular complexity index is 670. The summed E-state index contributed by atoms with van der Waals surface area (Å²) in [6.07, 6.45) is 5.81. The van der Waals surface area contributed by atoms with Gasteiger partial charge >= 0.3 is 0 Å². The fourth-order valence-corrected chi connectivity index (χ4v) is 3.12. The number of hydrogen-bond donors (Lipinski definition) is 1. The standard InChI is InChI=1S/C18H20N2O2/c1-2-16-10-13-5-6-17(21)11-14(13)7-9-20(16)18(22)15-4-3-8-19-12-15/h3-6,8,11-12,16,21H,2,7,9-10H2,1H3. The first kappa shape index (κ1) is 14.6. The van der Waals surface area contributed by atoms with Crippen LogP contribution in [0, 0.1) is 0 Å². The molecular formula is C18H20N2O2. The van der Waals surface area contributed by atoms with Gasteiger partial charge in [-0.1, -0.05) is 13.0 Å². The first-order chi connectivity index (χ1) is 10.7. The number of pyridine rings is 1. The Morgan fingerprint density at radius 1 is 1.36 bits per heavy atom. The number of phenols is 1.